The van der Waals surface area contributed by atoms with Gasteiger partial charge < -0.3 is 9.64 Å². The fourth-order valence-electron chi connectivity index (χ4n) is 2.30. The molecule has 1 aliphatic heterocycles. The smallest absolute Gasteiger partial charge is 0.276 e. The summed E-state index contributed by atoms with van der Waals surface area (Å²) in [4.78, 5) is 22.1. The molecule has 0 unspecified atom stereocenters. The van der Waals surface area contributed by atoms with E-state index in [1.165, 1.54) is 4.68 Å². The summed E-state index contributed by atoms with van der Waals surface area (Å²) in [5.74, 6) is 0.442. The molecule has 0 N–H and O–H groups in total. The van der Waals surface area contributed by atoms with Crippen LogP contribution in [0.2, 0.25) is 0 Å². The van der Waals surface area contributed by atoms with Crippen molar-refractivity contribution >= 4 is 5.91 Å². The molecule has 0 saturated carbocycles. The van der Waals surface area contributed by atoms with Gasteiger partial charge in [-0.3, -0.25) is 14.5 Å². The number of ether oxygens (including phenoxy) is 1. The highest BCUT2D eigenvalue weighted by molar-refractivity contribution is 5.91. The van der Waals surface area contributed by atoms with Crippen LogP contribution in [0.4, 0.5) is 0 Å². The normalized spacial score (nSPS) is 16.0. The Morgan fingerprint density at radius 1 is 1.33 bits per heavy atom. The van der Waals surface area contributed by atoms with Gasteiger partial charge in [0.05, 0.1) is 12.4 Å². The molecule has 0 aromatic carbocycles. The Morgan fingerprint density at radius 2 is 2.14 bits per heavy atom. The van der Waals surface area contributed by atoms with Crippen molar-refractivity contribution in [1.29, 1.82) is 0 Å². The zero-order chi connectivity index (χ0) is 14.7. The van der Waals surface area contributed by atoms with Crippen LogP contribution in [0.25, 0.3) is 0 Å². The average molecular weight is 288 g/mol. The first-order valence-electron chi connectivity index (χ1n) is 6.80. The number of aryl methyl sites for hydroxylation is 1. The molecular formula is C13H16N6O2. The minimum Gasteiger partial charge on any atom is -0.473 e. The van der Waals surface area contributed by atoms with Crippen LogP contribution >= 0.6 is 0 Å². The highest BCUT2D eigenvalue weighted by Gasteiger charge is 2.26. The highest BCUT2D eigenvalue weighted by Crippen LogP contribution is 2.17. The van der Waals surface area contributed by atoms with Gasteiger partial charge in [0.1, 0.15) is 6.10 Å². The predicted molar refractivity (Wildman–Crippen MR) is 72.6 cm³/mol. The van der Waals surface area contributed by atoms with Crippen molar-refractivity contribution in [2.45, 2.75) is 18.9 Å². The van der Waals surface area contributed by atoms with Crippen LogP contribution in [0.3, 0.4) is 0 Å². The minimum absolute atomic E-state index is 0.0626. The Bertz CT molecular complexity index is 606. The molecule has 3 rings (SSSR count). The van der Waals surface area contributed by atoms with Gasteiger partial charge in [0, 0.05) is 45.4 Å². The van der Waals surface area contributed by atoms with E-state index in [0.717, 1.165) is 12.8 Å². The molecular weight excluding hydrogens is 272 g/mol. The number of hydrogen-bond acceptors (Lipinski definition) is 6. The van der Waals surface area contributed by atoms with Gasteiger partial charge in [0.15, 0.2) is 5.69 Å². The van der Waals surface area contributed by atoms with Gasteiger partial charge in [-0.05, 0) is 0 Å². The molecule has 0 bridgehead atoms. The number of likely N-dealkylation sites (tertiary alicyclic amines) is 1. The number of hydrogen-bond donors (Lipinski definition) is 0. The SMILES string of the molecule is Cn1cc(C(=O)N2CCC(Oc3cnccn3)CC2)nn1. The molecule has 2 aromatic rings. The van der Waals surface area contributed by atoms with E-state index in [0.29, 0.717) is 24.7 Å². The molecule has 3 heterocycles. The molecule has 0 aliphatic carbocycles. The average Bonchev–Trinajstić information content (AvgIpc) is 2.95. The van der Waals surface area contributed by atoms with Gasteiger partial charge in [-0.2, -0.15) is 0 Å². The van der Waals surface area contributed by atoms with E-state index >= 15 is 0 Å². The van der Waals surface area contributed by atoms with Crippen molar-refractivity contribution in [1.82, 2.24) is 29.9 Å². The second kappa shape index (κ2) is 5.86. The van der Waals surface area contributed by atoms with Gasteiger partial charge >= 0.3 is 0 Å². The van der Waals surface area contributed by atoms with Crippen LogP contribution in [0, 0.1) is 0 Å². The summed E-state index contributed by atoms with van der Waals surface area (Å²) < 4.78 is 7.27. The minimum atomic E-state index is -0.0824. The van der Waals surface area contributed by atoms with Gasteiger partial charge in [-0.25, -0.2) is 4.98 Å². The Labute approximate surface area is 121 Å². The van der Waals surface area contributed by atoms with Crippen molar-refractivity contribution < 1.29 is 9.53 Å². The number of aromatic nitrogens is 5. The third-order valence-electron chi connectivity index (χ3n) is 3.38. The van der Waals surface area contributed by atoms with E-state index in [1.54, 1.807) is 36.7 Å². The summed E-state index contributed by atoms with van der Waals surface area (Å²) >= 11 is 0. The zero-order valence-electron chi connectivity index (χ0n) is 11.7. The molecule has 110 valence electrons. The van der Waals surface area contributed by atoms with Gasteiger partial charge in [0.2, 0.25) is 5.88 Å². The molecule has 1 saturated heterocycles. The largest absolute Gasteiger partial charge is 0.473 e. The molecule has 21 heavy (non-hydrogen) atoms. The summed E-state index contributed by atoms with van der Waals surface area (Å²) in [5.41, 5.74) is 0.380. The van der Waals surface area contributed by atoms with Crippen LogP contribution in [-0.4, -0.2) is 55.0 Å². The van der Waals surface area contributed by atoms with E-state index in [1.807, 2.05) is 0 Å². The Hall–Kier alpha value is -2.51. The van der Waals surface area contributed by atoms with Crippen LogP contribution in [-0.2, 0) is 7.05 Å². The molecule has 0 radical (unpaired) electrons. The monoisotopic (exact) mass is 288 g/mol. The second-order valence-corrected chi connectivity index (χ2v) is 4.93. The summed E-state index contributed by atoms with van der Waals surface area (Å²) in [6, 6.07) is 0. The molecule has 8 nitrogen and oxygen atoms in total. The lowest BCUT2D eigenvalue weighted by Crippen LogP contribution is -2.42. The van der Waals surface area contributed by atoms with Gasteiger partial charge in [-0.1, -0.05) is 5.21 Å². The fourth-order valence-corrected chi connectivity index (χ4v) is 2.30. The molecule has 0 atom stereocenters. The maximum absolute atomic E-state index is 12.2. The number of rotatable bonds is 3. The Morgan fingerprint density at radius 3 is 2.76 bits per heavy atom. The summed E-state index contributed by atoms with van der Waals surface area (Å²) in [6.07, 6.45) is 8.02. The second-order valence-electron chi connectivity index (χ2n) is 4.93. The van der Waals surface area contributed by atoms with Crippen molar-refractivity contribution in [2.75, 3.05) is 13.1 Å². The fraction of sp³-hybridized carbons (Fsp3) is 0.462. The Kier molecular flexibility index (Phi) is 3.76. The first-order chi connectivity index (χ1) is 10.2. The lowest BCUT2D eigenvalue weighted by molar-refractivity contribution is 0.0581. The van der Waals surface area contributed by atoms with E-state index in [2.05, 4.69) is 20.3 Å². The van der Waals surface area contributed by atoms with Crippen LogP contribution in [0.1, 0.15) is 23.3 Å². The van der Waals surface area contributed by atoms with Crippen molar-refractivity contribution in [3.8, 4) is 5.88 Å². The van der Waals surface area contributed by atoms with Crippen LogP contribution in [0.15, 0.2) is 24.8 Å². The molecule has 1 aliphatic rings. The number of amides is 1. The van der Waals surface area contributed by atoms with E-state index in [9.17, 15) is 4.79 Å². The number of nitrogens with zero attached hydrogens (tertiary/aromatic N) is 6. The van der Waals surface area contributed by atoms with Gasteiger partial charge in [-0.15, -0.1) is 5.10 Å². The lowest BCUT2D eigenvalue weighted by Gasteiger charge is -2.31. The molecule has 1 amide bonds. The summed E-state index contributed by atoms with van der Waals surface area (Å²) in [5, 5.41) is 7.63. The molecule has 0 spiro atoms. The maximum atomic E-state index is 12.2. The van der Waals surface area contributed by atoms with E-state index in [-0.39, 0.29) is 12.0 Å². The summed E-state index contributed by atoms with van der Waals surface area (Å²) in [6.45, 7) is 1.28. The maximum Gasteiger partial charge on any atom is 0.276 e. The molecule has 1 fully saturated rings. The third kappa shape index (κ3) is 3.15. The first kappa shape index (κ1) is 13.5. The topological polar surface area (TPSA) is 86.0 Å². The zero-order valence-corrected chi connectivity index (χ0v) is 11.7. The van der Waals surface area contributed by atoms with E-state index in [4.69, 9.17) is 4.74 Å². The number of carbonyl (C=O) groups excluding carboxylic acids is 1. The van der Waals surface area contributed by atoms with Crippen molar-refractivity contribution in [2.24, 2.45) is 7.05 Å². The van der Waals surface area contributed by atoms with Gasteiger partial charge in [0.25, 0.3) is 5.91 Å². The van der Waals surface area contributed by atoms with Crippen molar-refractivity contribution in [3.63, 3.8) is 0 Å². The standard InChI is InChI=1S/C13H16N6O2/c1-18-9-11(16-17-18)13(20)19-6-2-10(3-7-19)21-12-8-14-4-5-15-12/h4-5,8-10H,2-3,6-7H2,1H3. The van der Waals surface area contributed by atoms with E-state index < -0.39 is 0 Å². The predicted octanol–water partition coefficient (Wildman–Crippen LogP) is 0.289. The van der Waals surface area contributed by atoms with Crippen LogP contribution in [0.5, 0.6) is 5.88 Å². The van der Waals surface area contributed by atoms with Crippen LogP contribution < -0.4 is 4.74 Å². The highest BCUT2D eigenvalue weighted by atomic mass is 16.5. The quantitative estimate of drug-likeness (QED) is 0.807. The molecule has 2 aromatic heterocycles. The lowest BCUT2D eigenvalue weighted by atomic mass is 10.1. The first-order valence-corrected chi connectivity index (χ1v) is 6.80. The molecule has 8 heteroatoms. The summed E-state index contributed by atoms with van der Waals surface area (Å²) in [7, 11) is 1.74. The number of carbonyl (C=O) groups is 1. The van der Waals surface area contributed by atoms with Crippen molar-refractivity contribution in [3.05, 3.63) is 30.5 Å². The Balaban J connectivity index is 1.54. The third-order valence-corrected chi connectivity index (χ3v) is 3.38. The number of piperidine rings is 1.